The number of aryl methyl sites for hydroxylation is 1. The highest BCUT2D eigenvalue weighted by Crippen LogP contribution is 2.30. The fourth-order valence-corrected chi connectivity index (χ4v) is 4.16. The van der Waals surface area contributed by atoms with E-state index < -0.39 is 0 Å². The highest BCUT2D eigenvalue weighted by Gasteiger charge is 2.17. The Bertz CT molecular complexity index is 1100. The van der Waals surface area contributed by atoms with Crippen molar-refractivity contribution in [1.29, 1.82) is 5.26 Å². The molecule has 0 spiro atoms. The number of halogens is 1. The predicted octanol–water partition coefficient (Wildman–Crippen LogP) is 5.49. The molecule has 0 bridgehead atoms. The van der Waals surface area contributed by atoms with E-state index in [9.17, 15) is 4.79 Å². The lowest BCUT2D eigenvalue weighted by molar-refractivity contribution is 0.561. The van der Waals surface area contributed by atoms with Crippen molar-refractivity contribution >= 4 is 44.3 Å². The van der Waals surface area contributed by atoms with Gasteiger partial charge in [-0.25, -0.2) is 4.98 Å². The maximum atomic E-state index is 12.7. The van der Waals surface area contributed by atoms with Gasteiger partial charge in [0.2, 0.25) is 0 Å². The predicted molar refractivity (Wildman–Crippen MR) is 113 cm³/mol. The van der Waals surface area contributed by atoms with E-state index >= 15 is 0 Å². The maximum Gasteiger partial charge on any atom is 0.260 e. The average Bonchev–Trinajstić information content (AvgIpc) is 2.97. The standard InChI is InChI=1S/C21H20ClN3OS/c1-4-12(2)9-16-13(3)27-21-18(16)20(26)24-19(25-21)17(22)10-14-5-7-15(11-23)8-6-14/h5-8,10,12H,4,9H2,1-3H3,(H,24,25,26)/b17-10-/t12-/m1/s1. The first-order valence-electron chi connectivity index (χ1n) is 8.83. The van der Waals surface area contributed by atoms with Crippen LogP contribution in [0, 0.1) is 24.2 Å². The quantitative estimate of drug-likeness (QED) is 0.618. The van der Waals surface area contributed by atoms with Gasteiger partial charge in [0.25, 0.3) is 5.56 Å². The van der Waals surface area contributed by atoms with Crippen LogP contribution in [0.4, 0.5) is 0 Å². The molecule has 0 saturated carbocycles. The number of benzene rings is 1. The number of aromatic nitrogens is 2. The van der Waals surface area contributed by atoms with Crippen LogP contribution in [0.3, 0.4) is 0 Å². The molecule has 0 fully saturated rings. The lowest BCUT2D eigenvalue weighted by Gasteiger charge is -2.08. The summed E-state index contributed by atoms with van der Waals surface area (Å²) in [6, 6.07) is 9.13. The molecule has 0 radical (unpaired) electrons. The topological polar surface area (TPSA) is 69.5 Å². The van der Waals surface area contributed by atoms with Crippen LogP contribution in [-0.2, 0) is 6.42 Å². The summed E-state index contributed by atoms with van der Waals surface area (Å²) in [6.07, 6.45) is 3.67. The van der Waals surface area contributed by atoms with E-state index in [1.54, 1.807) is 30.3 Å². The number of hydrogen-bond acceptors (Lipinski definition) is 4. The van der Waals surface area contributed by atoms with Crippen LogP contribution in [0.15, 0.2) is 29.1 Å². The molecule has 2 heterocycles. The number of aromatic amines is 1. The van der Waals surface area contributed by atoms with Crippen molar-refractivity contribution in [3.63, 3.8) is 0 Å². The number of rotatable bonds is 5. The molecule has 6 heteroatoms. The fraction of sp³-hybridized carbons (Fsp3) is 0.286. The van der Waals surface area contributed by atoms with Crippen molar-refractivity contribution in [1.82, 2.24) is 9.97 Å². The van der Waals surface area contributed by atoms with Crippen LogP contribution in [0.2, 0.25) is 0 Å². The maximum absolute atomic E-state index is 12.7. The highest BCUT2D eigenvalue weighted by atomic mass is 35.5. The first-order valence-corrected chi connectivity index (χ1v) is 10.0. The molecular weight excluding hydrogens is 378 g/mol. The van der Waals surface area contributed by atoms with E-state index in [1.807, 2.05) is 6.92 Å². The van der Waals surface area contributed by atoms with Crippen molar-refractivity contribution in [2.75, 3.05) is 0 Å². The van der Waals surface area contributed by atoms with Gasteiger partial charge >= 0.3 is 0 Å². The van der Waals surface area contributed by atoms with Gasteiger partial charge in [-0.3, -0.25) is 4.79 Å². The van der Waals surface area contributed by atoms with Crippen LogP contribution in [-0.4, -0.2) is 9.97 Å². The van der Waals surface area contributed by atoms with E-state index in [4.69, 9.17) is 16.9 Å². The van der Waals surface area contributed by atoms with E-state index in [0.717, 1.165) is 33.7 Å². The highest BCUT2D eigenvalue weighted by molar-refractivity contribution is 7.18. The monoisotopic (exact) mass is 397 g/mol. The third-order valence-electron chi connectivity index (χ3n) is 4.67. The lowest BCUT2D eigenvalue weighted by Crippen LogP contribution is -2.12. The van der Waals surface area contributed by atoms with Gasteiger partial charge < -0.3 is 4.98 Å². The molecule has 4 nitrogen and oxygen atoms in total. The van der Waals surface area contributed by atoms with E-state index in [1.165, 1.54) is 11.3 Å². The molecule has 0 amide bonds. The van der Waals surface area contributed by atoms with Crippen molar-refractivity contribution in [3.05, 3.63) is 62.0 Å². The fourth-order valence-electron chi connectivity index (χ4n) is 2.90. The molecule has 3 rings (SSSR count). The summed E-state index contributed by atoms with van der Waals surface area (Å²) in [5.41, 5.74) is 2.36. The molecule has 2 aromatic heterocycles. The second kappa shape index (κ2) is 8.08. The molecule has 0 unspecified atom stereocenters. The van der Waals surface area contributed by atoms with Crippen molar-refractivity contribution in [2.45, 2.75) is 33.6 Å². The molecule has 0 aliphatic carbocycles. The molecule has 0 aliphatic heterocycles. The molecule has 1 N–H and O–H groups in total. The van der Waals surface area contributed by atoms with Crippen molar-refractivity contribution in [3.8, 4) is 6.07 Å². The number of fused-ring (bicyclic) bond motifs is 1. The normalized spacial score (nSPS) is 12.9. The summed E-state index contributed by atoms with van der Waals surface area (Å²) in [7, 11) is 0. The Labute approximate surface area is 167 Å². The van der Waals surface area contributed by atoms with Crippen LogP contribution in [0.5, 0.6) is 0 Å². The molecule has 27 heavy (non-hydrogen) atoms. The number of hydrogen-bond donors (Lipinski definition) is 1. The number of nitriles is 1. The summed E-state index contributed by atoms with van der Waals surface area (Å²) < 4.78 is 0. The second-order valence-corrected chi connectivity index (χ2v) is 8.29. The van der Waals surface area contributed by atoms with Crippen molar-refractivity contribution in [2.24, 2.45) is 5.92 Å². The molecule has 0 saturated heterocycles. The summed E-state index contributed by atoms with van der Waals surface area (Å²) >= 11 is 7.94. The summed E-state index contributed by atoms with van der Waals surface area (Å²) in [5.74, 6) is 0.871. The first kappa shape index (κ1) is 19.3. The lowest BCUT2D eigenvalue weighted by atomic mass is 9.98. The van der Waals surface area contributed by atoms with Crippen molar-refractivity contribution < 1.29 is 0 Å². The Morgan fingerprint density at radius 3 is 2.74 bits per heavy atom. The molecule has 1 aromatic carbocycles. The van der Waals surface area contributed by atoms with Crippen LogP contribution < -0.4 is 5.56 Å². The minimum atomic E-state index is -0.149. The van der Waals surface area contributed by atoms with Crippen LogP contribution in [0.1, 0.15) is 47.7 Å². The molecule has 3 aromatic rings. The molecule has 0 aliphatic rings. The second-order valence-electron chi connectivity index (χ2n) is 6.68. The Kier molecular flexibility index (Phi) is 5.79. The third-order valence-corrected chi connectivity index (χ3v) is 6.00. The number of nitrogens with one attached hydrogen (secondary N) is 1. The average molecular weight is 398 g/mol. The van der Waals surface area contributed by atoms with E-state index in [0.29, 0.717) is 27.7 Å². The molecular formula is C21H20ClN3OS. The van der Waals surface area contributed by atoms with Gasteiger partial charge in [0, 0.05) is 4.88 Å². The van der Waals surface area contributed by atoms with Gasteiger partial charge in [-0.15, -0.1) is 11.3 Å². The summed E-state index contributed by atoms with van der Waals surface area (Å²) in [5, 5.41) is 9.91. The van der Waals surface area contributed by atoms with Gasteiger partial charge in [0.05, 0.1) is 22.1 Å². The number of thiophene rings is 1. The van der Waals surface area contributed by atoms with Gasteiger partial charge in [-0.1, -0.05) is 44.0 Å². The van der Waals surface area contributed by atoms with E-state index in [2.05, 4.69) is 29.9 Å². The minimum absolute atomic E-state index is 0.149. The molecule has 1 atom stereocenters. The van der Waals surface area contributed by atoms with Gasteiger partial charge in [0.15, 0.2) is 5.82 Å². The van der Waals surface area contributed by atoms with Crippen LogP contribution in [0.25, 0.3) is 21.3 Å². The zero-order chi connectivity index (χ0) is 19.6. The Balaban J connectivity index is 2.02. The van der Waals surface area contributed by atoms with Gasteiger partial charge in [-0.05, 0) is 48.6 Å². The first-order chi connectivity index (χ1) is 12.9. The van der Waals surface area contributed by atoms with Gasteiger partial charge in [-0.2, -0.15) is 5.26 Å². The minimum Gasteiger partial charge on any atom is -0.305 e. The smallest absolute Gasteiger partial charge is 0.260 e. The SMILES string of the molecule is CC[C@@H](C)Cc1c(C)sc2nc(/C(Cl)=C/c3ccc(C#N)cc3)[nH]c(=O)c12. The Hall–Kier alpha value is -2.42. The zero-order valence-electron chi connectivity index (χ0n) is 15.5. The van der Waals surface area contributed by atoms with Crippen LogP contribution >= 0.6 is 22.9 Å². The summed E-state index contributed by atoms with van der Waals surface area (Å²) in [6.45, 7) is 6.39. The van der Waals surface area contributed by atoms with Gasteiger partial charge in [0.1, 0.15) is 4.83 Å². The number of nitrogens with zero attached hydrogens (tertiary/aromatic N) is 2. The third kappa shape index (κ3) is 4.13. The molecule has 138 valence electrons. The Morgan fingerprint density at radius 1 is 1.41 bits per heavy atom. The van der Waals surface area contributed by atoms with E-state index in [-0.39, 0.29) is 5.56 Å². The zero-order valence-corrected chi connectivity index (χ0v) is 17.0. The largest absolute Gasteiger partial charge is 0.305 e. The Morgan fingerprint density at radius 2 is 2.11 bits per heavy atom. The summed E-state index contributed by atoms with van der Waals surface area (Å²) in [4.78, 5) is 22.0. The number of H-pyrrole nitrogens is 1.